The SMILES string of the molecule is C/C(=C\[C@H](C(C)C)N(C)C(=O)[C@@H](NC(=O)[C@@H](N(C)C(=O)OC(C)(C)C)C(C)(C)c1ccccc1)C(C)(C)C)C(=O)NCCCC[C@@H](NC(=O)OC(C)(C)C)C(=O)O. The van der Waals surface area contributed by atoms with Gasteiger partial charge in [-0.25, -0.2) is 14.4 Å². The first-order valence-corrected chi connectivity index (χ1v) is 19.7. The van der Waals surface area contributed by atoms with Crippen molar-refractivity contribution in [2.45, 2.75) is 157 Å². The molecule has 0 aliphatic rings. The van der Waals surface area contributed by atoms with Gasteiger partial charge in [-0.15, -0.1) is 0 Å². The second-order valence-electron chi connectivity index (χ2n) is 18.7. The van der Waals surface area contributed by atoms with Gasteiger partial charge in [-0.3, -0.25) is 19.3 Å². The van der Waals surface area contributed by atoms with E-state index < -0.39 is 70.3 Å². The molecule has 4 atom stereocenters. The van der Waals surface area contributed by atoms with Crippen LogP contribution < -0.4 is 16.0 Å². The molecule has 1 aromatic carbocycles. The fraction of sp³-hybridized carbons (Fsp3) is 0.674. The number of amides is 5. The van der Waals surface area contributed by atoms with Gasteiger partial charge in [0.1, 0.15) is 29.3 Å². The smallest absolute Gasteiger partial charge is 0.410 e. The van der Waals surface area contributed by atoms with Crippen molar-refractivity contribution < 1.29 is 43.3 Å². The van der Waals surface area contributed by atoms with Crippen molar-refractivity contribution in [3.63, 3.8) is 0 Å². The molecule has 0 saturated carbocycles. The summed E-state index contributed by atoms with van der Waals surface area (Å²) in [6.07, 6.45) is 1.25. The Morgan fingerprint density at radius 2 is 1.33 bits per heavy atom. The zero-order valence-corrected chi connectivity index (χ0v) is 37.3. The van der Waals surface area contributed by atoms with Gasteiger partial charge >= 0.3 is 18.2 Å². The van der Waals surface area contributed by atoms with Crippen LogP contribution in [-0.2, 0) is 34.1 Å². The fourth-order valence-corrected chi connectivity index (χ4v) is 6.28. The molecule has 0 fully saturated rings. The Labute approximate surface area is 340 Å². The van der Waals surface area contributed by atoms with Crippen LogP contribution in [0.4, 0.5) is 9.59 Å². The van der Waals surface area contributed by atoms with Gasteiger partial charge < -0.3 is 35.4 Å². The maximum Gasteiger partial charge on any atom is 0.410 e. The molecule has 0 aliphatic heterocycles. The Bertz CT molecular complexity index is 1570. The molecular weight excluding hydrogens is 730 g/mol. The normalized spacial score (nSPS) is 14.7. The van der Waals surface area contributed by atoms with Gasteiger partial charge in [0, 0.05) is 31.6 Å². The van der Waals surface area contributed by atoms with E-state index in [9.17, 15) is 33.9 Å². The van der Waals surface area contributed by atoms with E-state index in [-0.39, 0.29) is 30.7 Å². The monoisotopic (exact) mass is 802 g/mol. The number of carboxylic acid groups (broad SMARTS) is 1. The molecule has 5 amide bonds. The lowest BCUT2D eigenvalue weighted by Gasteiger charge is -2.42. The Balaban J connectivity index is 3.23. The van der Waals surface area contributed by atoms with Gasteiger partial charge in [0.15, 0.2) is 0 Å². The fourth-order valence-electron chi connectivity index (χ4n) is 6.28. The summed E-state index contributed by atoms with van der Waals surface area (Å²) in [5.74, 6) is -2.55. The number of benzene rings is 1. The van der Waals surface area contributed by atoms with Gasteiger partial charge in [-0.05, 0) is 84.6 Å². The van der Waals surface area contributed by atoms with E-state index in [1.165, 1.54) is 16.8 Å². The van der Waals surface area contributed by atoms with Crippen LogP contribution in [0.5, 0.6) is 0 Å². The predicted octanol–water partition coefficient (Wildman–Crippen LogP) is 6.42. The van der Waals surface area contributed by atoms with Crippen LogP contribution in [-0.4, -0.2) is 107 Å². The molecular formula is C43H71N5O9. The van der Waals surface area contributed by atoms with E-state index in [1.807, 2.05) is 78.8 Å². The molecule has 14 nitrogen and oxygen atoms in total. The van der Waals surface area contributed by atoms with Crippen molar-refractivity contribution in [1.82, 2.24) is 25.8 Å². The average molecular weight is 802 g/mol. The molecule has 0 heterocycles. The molecule has 14 heteroatoms. The summed E-state index contributed by atoms with van der Waals surface area (Å²) in [5, 5.41) is 17.8. The Morgan fingerprint density at radius 3 is 1.81 bits per heavy atom. The summed E-state index contributed by atoms with van der Waals surface area (Å²) in [7, 11) is 3.16. The number of hydrogen-bond acceptors (Lipinski definition) is 8. The number of likely N-dealkylation sites (N-methyl/N-ethyl adjacent to an activating group) is 2. The van der Waals surface area contributed by atoms with Gasteiger partial charge in [0.05, 0.1) is 6.04 Å². The van der Waals surface area contributed by atoms with E-state index in [1.54, 1.807) is 61.6 Å². The molecule has 0 radical (unpaired) electrons. The molecule has 0 unspecified atom stereocenters. The first-order valence-electron chi connectivity index (χ1n) is 19.7. The van der Waals surface area contributed by atoms with Crippen LogP contribution in [0.2, 0.25) is 0 Å². The lowest BCUT2D eigenvalue weighted by Crippen LogP contribution is -2.63. The second-order valence-corrected chi connectivity index (χ2v) is 18.7. The molecule has 57 heavy (non-hydrogen) atoms. The summed E-state index contributed by atoms with van der Waals surface area (Å²) < 4.78 is 10.8. The molecule has 0 bridgehead atoms. The molecule has 0 aromatic heterocycles. The molecule has 322 valence electrons. The number of rotatable bonds is 17. The third-order valence-corrected chi connectivity index (χ3v) is 9.37. The second kappa shape index (κ2) is 20.7. The lowest BCUT2D eigenvalue weighted by molar-refractivity contribution is -0.142. The number of alkyl carbamates (subject to hydrolysis) is 1. The number of nitrogens with one attached hydrogen (secondary N) is 3. The molecule has 4 N–H and O–H groups in total. The van der Waals surface area contributed by atoms with Crippen LogP contribution in [0.1, 0.15) is 122 Å². The minimum atomic E-state index is -1.18. The van der Waals surface area contributed by atoms with Gasteiger partial charge in [-0.2, -0.15) is 0 Å². The molecule has 1 aromatic rings. The summed E-state index contributed by atoms with van der Waals surface area (Å²) in [5.41, 5.74) is -2.05. The third-order valence-electron chi connectivity index (χ3n) is 9.37. The molecule has 1 rings (SSSR count). The number of ether oxygens (including phenoxy) is 2. The highest BCUT2D eigenvalue weighted by Crippen LogP contribution is 2.32. The first-order chi connectivity index (χ1) is 25.9. The summed E-state index contributed by atoms with van der Waals surface area (Å²) in [6, 6.07) is 5.64. The first kappa shape index (κ1) is 50.4. The summed E-state index contributed by atoms with van der Waals surface area (Å²) in [6.45, 7) is 25.4. The summed E-state index contributed by atoms with van der Waals surface area (Å²) >= 11 is 0. The Hall–Kier alpha value is -4.62. The molecule has 0 aliphatic carbocycles. The lowest BCUT2D eigenvalue weighted by atomic mass is 9.76. The highest BCUT2D eigenvalue weighted by Gasteiger charge is 2.46. The van der Waals surface area contributed by atoms with Crippen molar-refractivity contribution in [2.24, 2.45) is 11.3 Å². The van der Waals surface area contributed by atoms with Crippen molar-refractivity contribution >= 4 is 35.9 Å². The van der Waals surface area contributed by atoms with Crippen LogP contribution >= 0.6 is 0 Å². The standard InChI is InChI=1S/C43H71N5O9/c1-27(2)31(26-28(3)34(49)44-25-21-20-24-30(37(52)53)45-38(54)56-41(7,8)9)47(15)36(51)32(40(4,5)6)46-35(50)33(48(16)39(55)57-42(10,11)12)43(13,14)29-22-18-17-19-23-29/h17-19,22-23,26-27,30-33H,20-21,24-25H2,1-16H3,(H,44,49)(H,45,54)(H,46,50)(H,52,53)/b28-26+/t30-,31-,32-,33-/m1/s1. The number of nitrogens with zero attached hydrogens (tertiary/aromatic N) is 2. The van der Waals surface area contributed by atoms with Crippen molar-refractivity contribution in [2.75, 3.05) is 20.6 Å². The minimum absolute atomic E-state index is 0.119. The third kappa shape index (κ3) is 16.4. The number of carboxylic acids is 1. The maximum absolute atomic E-state index is 14.5. The van der Waals surface area contributed by atoms with Crippen LogP contribution in [0.25, 0.3) is 0 Å². The maximum atomic E-state index is 14.5. The van der Waals surface area contributed by atoms with Gasteiger partial charge in [-0.1, -0.05) is 84.9 Å². The van der Waals surface area contributed by atoms with Gasteiger partial charge in [0.2, 0.25) is 17.7 Å². The number of aliphatic carboxylic acids is 1. The van der Waals surface area contributed by atoms with E-state index in [0.29, 0.717) is 18.4 Å². The average Bonchev–Trinajstić information content (AvgIpc) is 3.06. The quantitative estimate of drug-likeness (QED) is 0.102. The number of unbranched alkanes of at least 4 members (excludes halogenated alkanes) is 1. The van der Waals surface area contributed by atoms with Crippen LogP contribution in [0.3, 0.4) is 0 Å². The topological polar surface area (TPSA) is 184 Å². The zero-order valence-electron chi connectivity index (χ0n) is 37.3. The molecule has 0 saturated heterocycles. The van der Waals surface area contributed by atoms with Crippen LogP contribution in [0, 0.1) is 11.3 Å². The Morgan fingerprint density at radius 1 is 0.789 bits per heavy atom. The van der Waals surface area contributed by atoms with Crippen molar-refractivity contribution in [3.05, 3.63) is 47.5 Å². The van der Waals surface area contributed by atoms with Crippen molar-refractivity contribution in [3.8, 4) is 0 Å². The number of carbonyl (C=O) groups excluding carboxylic acids is 5. The van der Waals surface area contributed by atoms with E-state index in [0.717, 1.165) is 5.56 Å². The zero-order chi connectivity index (χ0) is 44.3. The molecule has 0 spiro atoms. The Kier molecular flexibility index (Phi) is 18.3. The highest BCUT2D eigenvalue weighted by molar-refractivity contribution is 5.94. The van der Waals surface area contributed by atoms with Crippen molar-refractivity contribution in [1.29, 1.82) is 0 Å². The van der Waals surface area contributed by atoms with E-state index in [2.05, 4.69) is 16.0 Å². The van der Waals surface area contributed by atoms with E-state index in [4.69, 9.17) is 9.47 Å². The number of carbonyl (C=O) groups is 6. The van der Waals surface area contributed by atoms with E-state index >= 15 is 0 Å². The number of hydrogen-bond donors (Lipinski definition) is 4. The highest BCUT2D eigenvalue weighted by atomic mass is 16.6. The minimum Gasteiger partial charge on any atom is -0.480 e. The summed E-state index contributed by atoms with van der Waals surface area (Å²) in [4.78, 5) is 82.1. The van der Waals surface area contributed by atoms with Crippen LogP contribution in [0.15, 0.2) is 42.0 Å². The predicted molar refractivity (Wildman–Crippen MR) is 221 cm³/mol. The van der Waals surface area contributed by atoms with Gasteiger partial charge in [0.25, 0.3) is 0 Å². The largest absolute Gasteiger partial charge is 0.480 e.